The Labute approximate surface area is 154 Å². The second-order valence-corrected chi connectivity index (χ2v) is 6.84. The molecular weight excluding hydrogens is 357 g/mol. The highest BCUT2D eigenvalue weighted by Gasteiger charge is 2.43. The highest BCUT2D eigenvalue weighted by molar-refractivity contribution is 6.31. The van der Waals surface area contributed by atoms with E-state index in [1.165, 1.54) is 23.1 Å². The number of amides is 1. The Balaban J connectivity index is 1.82. The van der Waals surface area contributed by atoms with E-state index < -0.39 is 11.8 Å². The van der Waals surface area contributed by atoms with E-state index in [9.17, 15) is 14.0 Å². The molecule has 0 fully saturated rings. The maximum absolute atomic E-state index is 13.5. The molecule has 2 heterocycles. The Hall–Kier alpha value is -2.66. The van der Waals surface area contributed by atoms with Gasteiger partial charge in [0.15, 0.2) is 0 Å². The lowest BCUT2D eigenvalue weighted by atomic mass is 9.84. The van der Waals surface area contributed by atoms with Gasteiger partial charge in [-0.3, -0.25) is 9.69 Å². The van der Waals surface area contributed by atoms with Crippen molar-refractivity contribution in [2.24, 2.45) is 0 Å². The van der Waals surface area contributed by atoms with Gasteiger partial charge < -0.3 is 4.74 Å². The van der Waals surface area contributed by atoms with Gasteiger partial charge in [-0.15, -0.1) is 0 Å². The molecule has 0 aliphatic carbocycles. The summed E-state index contributed by atoms with van der Waals surface area (Å²) in [5.41, 5.74) is 3.40. The zero-order valence-corrected chi connectivity index (χ0v) is 14.7. The second kappa shape index (κ2) is 6.25. The lowest BCUT2D eigenvalue weighted by molar-refractivity contribution is -0.136. The maximum atomic E-state index is 13.5. The van der Waals surface area contributed by atoms with E-state index in [1.54, 1.807) is 0 Å². The van der Waals surface area contributed by atoms with Gasteiger partial charge in [-0.1, -0.05) is 41.4 Å². The number of nitrogens with zero attached hydrogens (tertiary/aromatic N) is 1. The first-order valence-electron chi connectivity index (χ1n) is 8.20. The van der Waals surface area contributed by atoms with Crippen LogP contribution in [-0.2, 0) is 14.3 Å². The van der Waals surface area contributed by atoms with E-state index in [4.69, 9.17) is 16.3 Å². The molecule has 2 aromatic carbocycles. The summed E-state index contributed by atoms with van der Waals surface area (Å²) in [6.07, 6.45) is 0.131. The number of carbonyl (C=O) groups is 2. The SMILES string of the molecule is Cc1ccc(C2CC(=O)N(c3ccc(F)c(Cl)c3)C3=C2C(=O)OC3)cc1. The molecule has 2 aliphatic heterocycles. The molecule has 2 aliphatic rings. The summed E-state index contributed by atoms with van der Waals surface area (Å²) in [6, 6.07) is 11.8. The van der Waals surface area contributed by atoms with Gasteiger partial charge in [0, 0.05) is 12.3 Å². The summed E-state index contributed by atoms with van der Waals surface area (Å²) in [4.78, 5) is 26.7. The highest BCUT2D eigenvalue weighted by Crippen LogP contribution is 2.42. The number of rotatable bonds is 2. The monoisotopic (exact) mass is 371 g/mol. The quantitative estimate of drug-likeness (QED) is 0.746. The molecule has 132 valence electrons. The minimum absolute atomic E-state index is 0.0112. The van der Waals surface area contributed by atoms with Gasteiger partial charge in [-0.25, -0.2) is 9.18 Å². The zero-order chi connectivity index (χ0) is 18.4. The van der Waals surface area contributed by atoms with Crippen molar-refractivity contribution in [2.75, 3.05) is 11.5 Å². The third kappa shape index (κ3) is 2.69. The third-order valence-corrected chi connectivity index (χ3v) is 5.05. The molecule has 0 spiro atoms. The molecule has 0 saturated heterocycles. The molecule has 0 aromatic heterocycles. The smallest absolute Gasteiger partial charge is 0.336 e. The molecule has 1 amide bonds. The van der Waals surface area contributed by atoms with Gasteiger partial charge >= 0.3 is 5.97 Å². The summed E-state index contributed by atoms with van der Waals surface area (Å²) in [5.74, 6) is -1.52. The second-order valence-electron chi connectivity index (χ2n) is 6.43. The molecular formula is C20H15ClFNO3. The fourth-order valence-electron chi connectivity index (χ4n) is 3.46. The van der Waals surface area contributed by atoms with Crippen LogP contribution < -0.4 is 4.90 Å². The molecule has 0 bridgehead atoms. The number of aryl methyl sites for hydroxylation is 1. The zero-order valence-electron chi connectivity index (χ0n) is 14.0. The van der Waals surface area contributed by atoms with Gasteiger partial charge in [0.25, 0.3) is 0 Å². The Morgan fingerprint density at radius 1 is 1.15 bits per heavy atom. The number of hydrogen-bond donors (Lipinski definition) is 0. The lowest BCUT2D eigenvalue weighted by Gasteiger charge is -2.32. The first kappa shape index (κ1) is 16.8. The number of halogens is 2. The van der Waals surface area contributed by atoms with Gasteiger partial charge in [0.1, 0.15) is 12.4 Å². The molecule has 6 heteroatoms. The highest BCUT2D eigenvalue weighted by atomic mass is 35.5. The van der Waals surface area contributed by atoms with Crippen molar-refractivity contribution in [3.63, 3.8) is 0 Å². The van der Waals surface area contributed by atoms with Crippen LogP contribution in [0.15, 0.2) is 53.7 Å². The number of carbonyl (C=O) groups excluding carboxylic acids is 2. The van der Waals surface area contributed by atoms with E-state index in [2.05, 4.69) is 0 Å². The van der Waals surface area contributed by atoms with Crippen molar-refractivity contribution in [3.8, 4) is 0 Å². The summed E-state index contributed by atoms with van der Waals surface area (Å²) in [7, 11) is 0. The van der Waals surface area contributed by atoms with Crippen LogP contribution in [-0.4, -0.2) is 18.5 Å². The largest absolute Gasteiger partial charge is 0.456 e. The van der Waals surface area contributed by atoms with Crippen LogP contribution in [0.4, 0.5) is 10.1 Å². The summed E-state index contributed by atoms with van der Waals surface area (Å²) >= 11 is 5.86. The molecule has 26 heavy (non-hydrogen) atoms. The van der Waals surface area contributed by atoms with Gasteiger partial charge in [-0.05, 0) is 30.7 Å². The van der Waals surface area contributed by atoms with Crippen LogP contribution in [0, 0.1) is 12.7 Å². The Bertz CT molecular complexity index is 952. The van der Waals surface area contributed by atoms with Crippen LogP contribution in [0.3, 0.4) is 0 Å². The van der Waals surface area contributed by atoms with E-state index >= 15 is 0 Å². The maximum Gasteiger partial charge on any atom is 0.336 e. The van der Waals surface area contributed by atoms with Crippen LogP contribution in [0.5, 0.6) is 0 Å². The number of benzene rings is 2. The third-order valence-electron chi connectivity index (χ3n) is 4.76. The minimum Gasteiger partial charge on any atom is -0.456 e. The van der Waals surface area contributed by atoms with E-state index in [0.29, 0.717) is 17.0 Å². The van der Waals surface area contributed by atoms with E-state index in [-0.39, 0.29) is 29.9 Å². The minimum atomic E-state index is -0.564. The molecule has 0 N–H and O–H groups in total. The number of ether oxygens (including phenoxy) is 1. The van der Waals surface area contributed by atoms with Crippen LogP contribution >= 0.6 is 11.6 Å². The molecule has 4 rings (SSSR count). The number of anilines is 1. The molecule has 2 aromatic rings. The van der Waals surface area contributed by atoms with E-state index in [1.807, 2.05) is 31.2 Å². The topological polar surface area (TPSA) is 46.6 Å². The Morgan fingerprint density at radius 3 is 2.58 bits per heavy atom. The van der Waals surface area contributed by atoms with E-state index in [0.717, 1.165) is 11.1 Å². The average molecular weight is 372 g/mol. The van der Waals surface area contributed by atoms with Crippen LogP contribution in [0.1, 0.15) is 23.5 Å². The number of hydrogen-bond acceptors (Lipinski definition) is 3. The fraction of sp³-hybridized carbons (Fsp3) is 0.200. The Morgan fingerprint density at radius 2 is 1.88 bits per heavy atom. The number of esters is 1. The van der Waals surface area contributed by atoms with Crippen molar-refractivity contribution in [3.05, 3.63) is 75.7 Å². The predicted octanol–water partition coefficient (Wildman–Crippen LogP) is 4.12. The van der Waals surface area contributed by atoms with Crippen molar-refractivity contribution in [1.29, 1.82) is 0 Å². The average Bonchev–Trinajstić information content (AvgIpc) is 2.99. The van der Waals surface area contributed by atoms with Crippen molar-refractivity contribution >= 4 is 29.2 Å². The lowest BCUT2D eigenvalue weighted by Crippen LogP contribution is -2.37. The molecule has 1 atom stereocenters. The summed E-state index contributed by atoms with van der Waals surface area (Å²) in [5, 5.41) is -0.0802. The molecule has 1 unspecified atom stereocenters. The number of cyclic esters (lactones) is 1. The first-order chi connectivity index (χ1) is 12.5. The summed E-state index contributed by atoms with van der Waals surface area (Å²) in [6.45, 7) is 1.99. The normalized spacial score (nSPS) is 19.7. The van der Waals surface area contributed by atoms with Gasteiger partial charge in [-0.2, -0.15) is 0 Å². The predicted molar refractivity (Wildman–Crippen MR) is 95.4 cm³/mol. The molecule has 4 nitrogen and oxygen atoms in total. The van der Waals surface area contributed by atoms with Crippen molar-refractivity contribution < 1.29 is 18.7 Å². The fourth-order valence-corrected chi connectivity index (χ4v) is 3.64. The van der Waals surface area contributed by atoms with Crippen molar-refractivity contribution in [2.45, 2.75) is 19.3 Å². The first-order valence-corrected chi connectivity index (χ1v) is 8.58. The Kier molecular flexibility index (Phi) is 4.04. The van der Waals surface area contributed by atoms with Crippen LogP contribution in [0.25, 0.3) is 0 Å². The standard InChI is InChI=1S/C20H15ClFNO3/c1-11-2-4-12(5-3-11)14-9-18(24)23(17-10-26-20(25)19(14)17)13-6-7-16(22)15(21)8-13/h2-8,14H,9-10H2,1H3. The van der Waals surface area contributed by atoms with Crippen molar-refractivity contribution in [1.82, 2.24) is 0 Å². The van der Waals surface area contributed by atoms with Gasteiger partial charge in [0.2, 0.25) is 5.91 Å². The van der Waals surface area contributed by atoms with Crippen LogP contribution in [0.2, 0.25) is 5.02 Å². The molecule has 0 saturated carbocycles. The summed E-state index contributed by atoms with van der Waals surface area (Å²) < 4.78 is 18.7. The van der Waals surface area contributed by atoms with Gasteiger partial charge in [0.05, 0.1) is 22.0 Å². The molecule has 0 radical (unpaired) electrons.